The molecule has 95 heavy (non-hydrogen) atoms. The summed E-state index contributed by atoms with van der Waals surface area (Å²) in [7, 11) is 0. The molecular weight excluding hydrogens is 1230 g/mol. The van der Waals surface area contributed by atoms with E-state index in [4.69, 9.17) is 17.2 Å². The summed E-state index contributed by atoms with van der Waals surface area (Å²) in [4.78, 5) is 198. The fourth-order valence-corrected chi connectivity index (χ4v) is 10.9. The molecule has 508 valence electrons. The molecule has 2 saturated heterocycles. The minimum absolute atomic E-state index is 0.0158. The van der Waals surface area contributed by atoms with Crippen molar-refractivity contribution in [2.75, 3.05) is 6.54 Å². The van der Waals surface area contributed by atoms with Crippen molar-refractivity contribution in [3.63, 3.8) is 0 Å². The largest absolute Gasteiger partial charge is 0.508 e. The lowest BCUT2D eigenvalue weighted by atomic mass is 9.99. The van der Waals surface area contributed by atoms with Crippen molar-refractivity contribution in [2.45, 2.75) is 164 Å². The van der Waals surface area contributed by atoms with Gasteiger partial charge in [-0.1, -0.05) is 117 Å². The number of rotatable bonds is 21. The van der Waals surface area contributed by atoms with Gasteiger partial charge in [0, 0.05) is 51.5 Å². The number of aromatic hydroxyl groups is 1. The Kier molecular flexibility index (Phi) is 27.7. The maximum absolute atomic E-state index is 15.1. The molecule has 17 N–H and O–H groups in total. The van der Waals surface area contributed by atoms with Crippen LogP contribution in [0.5, 0.6) is 5.75 Å². The summed E-state index contributed by atoms with van der Waals surface area (Å²) in [6.07, 6.45) is -5.08. The van der Waals surface area contributed by atoms with Crippen LogP contribution in [0.25, 0.3) is 0 Å². The topological polar surface area (TPSA) is 469 Å². The number of nitrogens with one attached hydrogen (secondary N) is 9. The molecule has 4 aromatic rings. The van der Waals surface area contributed by atoms with Crippen LogP contribution in [0.2, 0.25) is 0 Å². The Bertz CT molecular complexity index is 3400. The minimum Gasteiger partial charge on any atom is -0.508 e. The van der Waals surface area contributed by atoms with Gasteiger partial charge in [-0.15, -0.1) is 0 Å². The van der Waals surface area contributed by atoms with Crippen LogP contribution in [-0.2, 0) is 92.8 Å². The third-order valence-corrected chi connectivity index (χ3v) is 15.9. The number of nitrogens with two attached hydrogens (primary N) is 3. The molecule has 29 heteroatoms. The molecule has 0 unspecified atom stereocenters. The fourth-order valence-electron chi connectivity index (χ4n) is 10.9. The number of carbonyl (C=O) groups is 14. The summed E-state index contributed by atoms with van der Waals surface area (Å²) in [5.41, 5.74) is 18.4. The lowest BCUT2D eigenvalue weighted by Gasteiger charge is -2.31. The van der Waals surface area contributed by atoms with Crippen molar-refractivity contribution in [3.05, 3.63) is 138 Å². The molecule has 4 aromatic carbocycles. The van der Waals surface area contributed by atoms with Crippen molar-refractivity contribution >= 4 is 82.8 Å². The van der Waals surface area contributed by atoms with E-state index in [-0.39, 0.29) is 55.9 Å². The van der Waals surface area contributed by atoms with E-state index in [0.29, 0.717) is 23.1 Å². The second kappa shape index (κ2) is 35.9. The highest BCUT2D eigenvalue weighted by Gasteiger charge is 2.42. The molecule has 0 spiro atoms. The number of carboxylic acids is 1. The number of primary amides is 3. The lowest BCUT2D eigenvalue weighted by Crippen LogP contribution is -2.62. The molecule has 0 bridgehead atoms. The van der Waals surface area contributed by atoms with E-state index in [1.165, 1.54) is 29.2 Å². The number of hydrogen-bond donors (Lipinski definition) is 14. The fraction of sp³-hybridized carbons (Fsp3) is 0.424. The zero-order chi connectivity index (χ0) is 69.3. The molecule has 0 radical (unpaired) electrons. The Morgan fingerprint density at radius 2 is 0.726 bits per heavy atom. The van der Waals surface area contributed by atoms with Crippen molar-refractivity contribution in [2.24, 2.45) is 23.1 Å². The third-order valence-electron chi connectivity index (χ3n) is 15.9. The molecule has 2 heterocycles. The molecule has 0 saturated carbocycles. The molecule has 0 aliphatic carbocycles. The molecular formula is C66H83N13O16. The van der Waals surface area contributed by atoms with Crippen LogP contribution in [0.15, 0.2) is 115 Å². The van der Waals surface area contributed by atoms with E-state index in [1.54, 1.807) is 105 Å². The number of carbonyl (C=O) groups excluding carboxylic acids is 13. The van der Waals surface area contributed by atoms with E-state index in [1.807, 2.05) is 0 Å². The number of amides is 13. The van der Waals surface area contributed by atoms with Crippen molar-refractivity contribution in [3.8, 4) is 5.75 Å². The Morgan fingerprint density at radius 3 is 1.11 bits per heavy atom. The summed E-state index contributed by atoms with van der Waals surface area (Å²) in [5.74, 6) is -15.2. The van der Waals surface area contributed by atoms with Crippen LogP contribution in [0.3, 0.4) is 0 Å². The van der Waals surface area contributed by atoms with Gasteiger partial charge < -0.3 is 80.2 Å². The van der Waals surface area contributed by atoms with Crippen LogP contribution in [-0.4, -0.2) is 165 Å². The van der Waals surface area contributed by atoms with Crippen LogP contribution in [0.1, 0.15) is 100 Å². The zero-order valence-corrected chi connectivity index (χ0v) is 52.7. The summed E-state index contributed by atoms with van der Waals surface area (Å²) in [6.45, 7) is 3.51. The molecule has 0 aromatic heterocycles. The molecule has 2 aliphatic rings. The first-order valence-electron chi connectivity index (χ1n) is 31.2. The number of benzene rings is 4. The number of nitrogens with zero attached hydrogens (tertiary/aromatic N) is 1. The first kappa shape index (κ1) is 73.3. The van der Waals surface area contributed by atoms with E-state index in [9.17, 15) is 72.5 Å². The average Bonchev–Trinajstić information content (AvgIpc) is 1.80. The van der Waals surface area contributed by atoms with E-state index >= 15 is 4.79 Å². The van der Waals surface area contributed by atoms with Crippen LogP contribution in [0, 0.1) is 5.92 Å². The van der Waals surface area contributed by atoms with Crippen LogP contribution >= 0.6 is 0 Å². The first-order chi connectivity index (χ1) is 45.2. The number of phenolic OH excluding ortho intramolecular Hbond substituents is 1. The van der Waals surface area contributed by atoms with E-state index in [2.05, 4.69) is 47.9 Å². The van der Waals surface area contributed by atoms with Gasteiger partial charge in [0.25, 0.3) is 0 Å². The van der Waals surface area contributed by atoms with Gasteiger partial charge in [0.05, 0.1) is 6.42 Å². The molecule has 6 rings (SSSR count). The smallest absolute Gasteiger partial charge is 0.305 e. The third kappa shape index (κ3) is 23.7. The van der Waals surface area contributed by atoms with Crippen molar-refractivity contribution in [1.29, 1.82) is 0 Å². The summed E-state index contributed by atoms with van der Waals surface area (Å²) >= 11 is 0. The highest BCUT2D eigenvalue weighted by Crippen LogP contribution is 2.22. The van der Waals surface area contributed by atoms with Gasteiger partial charge in [0.2, 0.25) is 76.8 Å². The van der Waals surface area contributed by atoms with Gasteiger partial charge in [-0.3, -0.25) is 67.1 Å². The SMILES string of the molecule is CC(C)C[C@@H]1NC(=O)[C@H](CCC(N)=O)NC(=O)[C@H](CCC(N)=O)NC(=O)[C@H](Cc2ccc(O)cc2)NC(=O)[C@H](CCC(N)=O)NC(=O)[C@H](CC(=O)O)NC(=O)[C@@H](Cc2ccccc2)NC(=O)[C@H](Cc2ccccc2)NC(=O)[C@@H]2CCCN2C(=O)[C@@H](Cc2ccccc2)NC1=O. The monoisotopic (exact) mass is 1310 g/mol. The van der Waals surface area contributed by atoms with Gasteiger partial charge in [-0.05, 0) is 78.8 Å². The van der Waals surface area contributed by atoms with Crippen molar-refractivity contribution in [1.82, 2.24) is 52.8 Å². The standard InChI is InChI=1S/C66H83N13O16/c1-37(2)31-46-60(89)78-51(35-40-17-10-5-11-18-40)66(95)79-30-12-19-52(79)65(94)77-49(33-39-15-8-4-9-16-39)63(92)75-47(32-38-13-6-3-7-14-38)62(91)76-50(36-56(84)85)64(93)72-45(26-29-55(69)83)59(88)74-48(34-41-20-22-42(80)23-21-41)61(90)71-43(24-27-53(67)81)57(86)70-44(58(87)73-46)25-28-54(68)82/h3-11,13-18,20-23,37,43-52,80H,12,19,24-36H2,1-2H3,(H2,67,81)(H2,68,82)(H2,69,83)(H,70,86)(H,71,90)(H,72,93)(H,73,87)(H,74,88)(H,75,92)(H,76,91)(H,77,94)(H,78,89)(H,84,85)/t43-,44-,45-,46-,47+,48-,49-,50-,51+,52-/m0/s1. The van der Waals surface area contributed by atoms with Crippen LogP contribution < -0.4 is 65.1 Å². The molecule has 10 atom stereocenters. The highest BCUT2D eigenvalue weighted by atomic mass is 16.4. The molecule has 2 fully saturated rings. The lowest BCUT2D eigenvalue weighted by molar-refractivity contribution is -0.143. The van der Waals surface area contributed by atoms with Gasteiger partial charge >= 0.3 is 5.97 Å². The summed E-state index contributed by atoms with van der Waals surface area (Å²) in [6, 6.07) is 14.3. The number of fused-ring (bicyclic) bond motifs is 1. The maximum atomic E-state index is 15.1. The number of carboxylic acid groups (broad SMARTS) is 1. The normalized spacial score (nSPS) is 23.4. The number of hydrogen-bond acceptors (Lipinski definition) is 15. The Balaban J connectivity index is 1.48. The molecule has 29 nitrogen and oxygen atoms in total. The minimum atomic E-state index is -2.03. The Labute approximate surface area is 547 Å². The maximum Gasteiger partial charge on any atom is 0.305 e. The first-order valence-corrected chi connectivity index (χ1v) is 31.2. The summed E-state index contributed by atoms with van der Waals surface area (Å²) in [5, 5.41) is 43.3. The quantitative estimate of drug-likeness (QED) is 0.0444. The Hall–Kier alpha value is -10.7. The summed E-state index contributed by atoms with van der Waals surface area (Å²) < 4.78 is 0. The van der Waals surface area contributed by atoms with Gasteiger partial charge in [-0.25, -0.2) is 0 Å². The second-order valence-electron chi connectivity index (χ2n) is 23.9. The molecule has 13 amide bonds. The van der Waals surface area contributed by atoms with Gasteiger partial charge in [-0.2, -0.15) is 0 Å². The van der Waals surface area contributed by atoms with E-state index < -0.39 is 195 Å². The average molecular weight is 1310 g/mol. The Morgan fingerprint density at radius 1 is 0.421 bits per heavy atom. The van der Waals surface area contributed by atoms with Crippen LogP contribution in [0.4, 0.5) is 0 Å². The molecule has 2 aliphatic heterocycles. The second-order valence-corrected chi connectivity index (χ2v) is 23.9. The highest BCUT2D eigenvalue weighted by molar-refractivity contribution is 6.01. The van der Waals surface area contributed by atoms with Gasteiger partial charge in [0.1, 0.15) is 66.2 Å². The number of phenols is 1. The van der Waals surface area contributed by atoms with Crippen molar-refractivity contribution < 1.29 is 77.3 Å². The van der Waals surface area contributed by atoms with E-state index in [0.717, 1.165) is 0 Å². The van der Waals surface area contributed by atoms with Gasteiger partial charge in [0.15, 0.2) is 0 Å². The predicted octanol–water partition coefficient (Wildman–Crippen LogP) is -1.65. The number of aliphatic carboxylic acids is 1. The zero-order valence-electron chi connectivity index (χ0n) is 52.7. The predicted molar refractivity (Wildman–Crippen MR) is 341 cm³/mol.